The van der Waals surface area contributed by atoms with Crippen LogP contribution in [0.5, 0.6) is 5.06 Å². The summed E-state index contributed by atoms with van der Waals surface area (Å²) in [4.78, 5) is 0. The van der Waals surface area contributed by atoms with Gasteiger partial charge < -0.3 is 15.3 Å². The van der Waals surface area contributed by atoms with Gasteiger partial charge in [-0.3, -0.25) is 0 Å². The van der Waals surface area contributed by atoms with Crippen LogP contribution in [-0.4, -0.2) is 5.11 Å². The predicted octanol–water partition coefficient (Wildman–Crippen LogP) is 1.78. The minimum atomic E-state index is 0.258. The fourth-order valence-corrected chi connectivity index (χ4v) is 1.61. The fourth-order valence-electron chi connectivity index (χ4n) is 0.842. The monoisotopic (exact) mass is 155 g/mol. The van der Waals surface area contributed by atoms with Crippen LogP contribution in [0.15, 0.2) is 16.5 Å². The normalized spacial score (nSPS) is 10.8. The first-order chi connectivity index (χ1) is 4.75. The molecule has 2 heterocycles. The van der Waals surface area contributed by atoms with Gasteiger partial charge in [-0.1, -0.05) is 11.3 Å². The molecule has 0 unspecified atom stereocenters. The largest absolute Gasteiger partial charge is 0.499 e. The number of nitrogens with two attached hydrogens (primary N) is 1. The standard InChI is InChI=1S/C6H5NO2S/c7-5-2-4-3(9-5)1-6(8)10-4/h1-2,8H,7H2. The van der Waals surface area contributed by atoms with Crippen LogP contribution in [0.3, 0.4) is 0 Å². The van der Waals surface area contributed by atoms with Crippen molar-refractivity contribution >= 4 is 27.5 Å². The number of furan rings is 1. The molecule has 0 aliphatic carbocycles. The first-order valence-electron chi connectivity index (χ1n) is 2.73. The van der Waals surface area contributed by atoms with Crippen LogP contribution < -0.4 is 5.73 Å². The molecular weight excluding hydrogens is 150 g/mol. The Labute approximate surface area is 60.7 Å². The first-order valence-corrected chi connectivity index (χ1v) is 3.55. The summed E-state index contributed by atoms with van der Waals surface area (Å²) in [5.41, 5.74) is 6.00. The minimum absolute atomic E-state index is 0.258. The summed E-state index contributed by atoms with van der Waals surface area (Å²) in [6, 6.07) is 3.25. The van der Waals surface area contributed by atoms with Crippen LogP contribution in [0.1, 0.15) is 0 Å². The van der Waals surface area contributed by atoms with Crippen LogP contribution >= 0.6 is 11.3 Å². The highest BCUT2D eigenvalue weighted by Gasteiger charge is 2.04. The zero-order chi connectivity index (χ0) is 7.14. The number of hydrogen-bond acceptors (Lipinski definition) is 4. The van der Waals surface area contributed by atoms with Gasteiger partial charge in [0.15, 0.2) is 16.5 Å². The third-order valence-corrected chi connectivity index (χ3v) is 2.08. The maximum Gasteiger partial charge on any atom is 0.192 e. The minimum Gasteiger partial charge on any atom is -0.499 e. The number of rotatable bonds is 0. The van der Waals surface area contributed by atoms with Gasteiger partial charge >= 0.3 is 0 Å². The summed E-state index contributed by atoms with van der Waals surface area (Å²) < 4.78 is 5.90. The number of aromatic hydroxyl groups is 1. The summed E-state index contributed by atoms with van der Waals surface area (Å²) >= 11 is 1.25. The quantitative estimate of drug-likeness (QED) is 0.609. The van der Waals surface area contributed by atoms with Crippen LogP contribution in [-0.2, 0) is 0 Å². The predicted molar refractivity (Wildman–Crippen MR) is 40.2 cm³/mol. The van der Waals surface area contributed by atoms with E-state index in [1.165, 1.54) is 11.3 Å². The van der Waals surface area contributed by atoms with Crippen molar-refractivity contribution < 1.29 is 9.52 Å². The Bertz CT molecular complexity index is 300. The van der Waals surface area contributed by atoms with Crippen molar-refractivity contribution in [1.29, 1.82) is 0 Å². The summed E-state index contributed by atoms with van der Waals surface area (Å²) in [6.45, 7) is 0. The average molecular weight is 155 g/mol. The Morgan fingerprint density at radius 3 is 3.00 bits per heavy atom. The highest BCUT2D eigenvalue weighted by atomic mass is 32.1. The first kappa shape index (κ1) is 5.61. The van der Waals surface area contributed by atoms with Gasteiger partial charge in [-0.15, -0.1) is 0 Å². The molecule has 0 spiro atoms. The van der Waals surface area contributed by atoms with Crippen LogP contribution in [0, 0.1) is 0 Å². The average Bonchev–Trinajstić information content (AvgIpc) is 2.21. The summed E-state index contributed by atoms with van der Waals surface area (Å²) in [7, 11) is 0. The Balaban J connectivity index is 2.83. The van der Waals surface area contributed by atoms with Crippen molar-refractivity contribution in [1.82, 2.24) is 0 Å². The number of nitrogen functional groups attached to an aromatic ring is 1. The van der Waals surface area contributed by atoms with Gasteiger partial charge in [0.05, 0.1) is 4.70 Å². The molecule has 10 heavy (non-hydrogen) atoms. The van der Waals surface area contributed by atoms with Gasteiger partial charge in [-0.25, -0.2) is 0 Å². The summed E-state index contributed by atoms with van der Waals surface area (Å²) in [5.74, 6) is 0.390. The molecule has 0 amide bonds. The van der Waals surface area contributed by atoms with E-state index in [0.717, 1.165) is 4.70 Å². The van der Waals surface area contributed by atoms with E-state index in [9.17, 15) is 0 Å². The van der Waals surface area contributed by atoms with Crippen molar-refractivity contribution in [2.75, 3.05) is 5.73 Å². The lowest BCUT2D eigenvalue weighted by atomic mass is 10.5. The number of thiophene rings is 1. The molecule has 0 fully saturated rings. The smallest absolute Gasteiger partial charge is 0.192 e. The topological polar surface area (TPSA) is 59.4 Å². The third-order valence-electron chi connectivity index (χ3n) is 1.21. The van der Waals surface area contributed by atoms with Crippen molar-refractivity contribution in [3.8, 4) is 5.06 Å². The lowest BCUT2D eigenvalue weighted by Crippen LogP contribution is -1.75. The molecule has 0 saturated carbocycles. The van der Waals surface area contributed by atoms with Gasteiger partial charge in [0.2, 0.25) is 0 Å². The lowest BCUT2D eigenvalue weighted by molar-refractivity contribution is 0.490. The van der Waals surface area contributed by atoms with E-state index in [1.54, 1.807) is 12.1 Å². The number of hydrogen-bond donors (Lipinski definition) is 2. The molecule has 2 rings (SSSR count). The third kappa shape index (κ3) is 0.657. The summed E-state index contributed by atoms with van der Waals surface area (Å²) in [5, 5.41) is 9.21. The molecule has 4 heteroatoms. The SMILES string of the molecule is Nc1cc2sc(O)cc2o1. The molecular formula is C6H5NO2S. The Morgan fingerprint density at radius 2 is 2.30 bits per heavy atom. The van der Waals surface area contributed by atoms with Crippen LogP contribution in [0.2, 0.25) is 0 Å². The zero-order valence-electron chi connectivity index (χ0n) is 5.00. The molecule has 0 saturated heterocycles. The van der Waals surface area contributed by atoms with E-state index in [0.29, 0.717) is 11.5 Å². The molecule has 0 aliphatic heterocycles. The second-order valence-electron chi connectivity index (χ2n) is 1.96. The lowest BCUT2D eigenvalue weighted by Gasteiger charge is -1.77. The maximum absolute atomic E-state index is 8.95. The van der Waals surface area contributed by atoms with E-state index in [4.69, 9.17) is 15.3 Å². The van der Waals surface area contributed by atoms with E-state index in [2.05, 4.69) is 0 Å². The molecule has 2 aromatic rings. The Kier molecular flexibility index (Phi) is 0.935. The maximum atomic E-state index is 8.95. The molecule has 2 aromatic heterocycles. The van der Waals surface area contributed by atoms with E-state index in [1.807, 2.05) is 0 Å². The van der Waals surface area contributed by atoms with Crippen molar-refractivity contribution in [3.63, 3.8) is 0 Å². The second kappa shape index (κ2) is 1.67. The highest BCUT2D eigenvalue weighted by molar-refractivity contribution is 7.20. The Morgan fingerprint density at radius 1 is 1.50 bits per heavy atom. The Hall–Kier alpha value is -1.16. The van der Waals surface area contributed by atoms with Crippen LogP contribution in [0.4, 0.5) is 5.88 Å². The zero-order valence-corrected chi connectivity index (χ0v) is 5.81. The number of fused-ring (bicyclic) bond motifs is 1. The van der Waals surface area contributed by atoms with Gasteiger partial charge in [0.25, 0.3) is 0 Å². The molecule has 0 aromatic carbocycles. The van der Waals surface area contributed by atoms with Gasteiger partial charge in [0, 0.05) is 12.1 Å². The molecule has 52 valence electrons. The van der Waals surface area contributed by atoms with E-state index >= 15 is 0 Å². The highest BCUT2D eigenvalue weighted by Crippen LogP contribution is 2.33. The van der Waals surface area contributed by atoms with Crippen molar-refractivity contribution in [2.24, 2.45) is 0 Å². The van der Waals surface area contributed by atoms with Crippen LogP contribution in [0.25, 0.3) is 10.3 Å². The van der Waals surface area contributed by atoms with Crippen molar-refractivity contribution in [2.45, 2.75) is 0 Å². The second-order valence-corrected chi connectivity index (χ2v) is 3.02. The molecule has 0 radical (unpaired) electrons. The van der Waals surface area contributed by atoms with E-state index in [-0.39, 0.29) is 5.06 Å². The molecule has 0 atom stereocenters. The van der Waals surface area contributed by atoms with E-state index < -0.39 is 0 Å². The molecule has 0 aliphatic rings. The number of anilines is 1. The molecule has 3 N–H and O–H groups in total. The molecule has 3 nitrogen and oxygen atoms in total. The fraction of sp³-hybridized carbons (Fsp3) is 0. The van der Waals surface area contributed by atoms with Gasteiger partial charge in [-0.05, 0) is 0 Å². The summed E-state index contributed by atoms with van der Waals surface area (Å²) in [6.07, 6.45) is 0. The van der Waals surface area contributed by atoms with Gasteiger partial charge in [0.1, 0.15) is 0 Å². The molecule has 0 bridgehead atoms. The van der Waals surface area contributed by atoms with Crippen molar-refractivity contribution in [3.05, 3.63) is 12.1 Å². The van der Waals surface area contributed by atoms with Gasteiger partial charge in [-0.2, -0.15) is 0 Å².